The molecule has 5 heteroatoms. The molecule has 6 N–H and O–H groups in total. The minimum Gasteiger partial charge on any atom is -0.508 e. The molecule has 0 saturated heterocycles. The Balaban J connectivity index is 0.000000191. The third-order valence-electron chi connectivity index (χ3n) is 2.47. The minimum atomic E-state index is 0.134. The summed E-state index contributed by atoms with van der Waals surface area (Å²) >= 11 is 5.53. The number of nitrogens with two attached hydrogens (primary N) is 2. The van der Waals surface area contributed by atoms with Crippen molar-refractivity contribution in [1.29, 1.82) is 0 Å². The molecule has 102 valence electrons. The van der Waals surface area contributed by atoms with Crippen LogP contribution < -0.4 is 11.5 Å². The van der Waals surface area contributed by atoms with Crippen molar-refractivity contribution in [1.82, 2.24) is 0 Å². The Morgan fingerprint density at radius 1 is 1.05 bits per heavy atom. The van der Waals surface area contributed by atoms with Gasteiger partial charge >= 0.3 is 0 Å². The van der Waals surface area contributed by atoms with E-state index in [4.69, 9.17) is 28.2 Å². The minimum absolute atomic E-state index is 0.134. The molecule has 0 atom stereocenters. The predicted molar refractivity (Wildman–Crippen MR) is 79.4 cm³/mol. The lowest BCUT2D eigenvalue weighted by Gasteiger charge is -2.00. The number of aryl methyl sites for hydroxylation is 1. The lowest BCUT2D eigenvalue weighted by molar-refractivity contribution is 0.469. The van der Waals surface area contributed by atoms with Crippen LogP contribution in [0.15, 0.2) is 36.4 Å². The van der Waals surface area contributed by atoms with E-state index in [2.05, 4.69) is 0 Å². The van der Waals surface area contributed by atoms with Crippen LogP contribution in [0.1, 0.15) is 12.5 Å². The van der Waals surface area contributed by atoms with E-state index in [1.807, 2.05) is 6.92 Å². The molecule has 0 bridgehead atoms. The summed E-state index contributed by atoms with van der Waals surface area (Å²) in [6.45, 7) is 1.98. The summed E-state index contributed by atoms with van der Waals surface area (Å²) in [6, 6.07) is 9.54. The van der Waals surface area contributed by atoms with Gasteiger partial charge in [-0.15, -0.1) is 0 Å². The molecule has 2 aromatic carbocycles. The highest BCUT2D eigenvalue weighted by molar-refractivity contribution is 6.33. The van der Waals surface area contributed by atoms with Crippen LogP contribution in [0.5, 0.6) is 11.5 Å². The molecule has 2 aromatic rings. The average molecular weight is 281 g/mol. The summed E-state index contributed by atoms with van der Waals surface area (Å²) in [7, 11) is 0. The number of halogens is 1. The van der Waals surface area contributed by atoms with E-state index in [1.165, 1.54) is 12.1 Å². The van der Waals surface area contributed by atoms with Gasteiger partial charge in [0.05, 0.1) is 10.7 Å². The second-order valence-corrected chi connectivity index (χ2v) is 4.35. The van der Waals surface area contributed by atoms with Gasteiger partial charge in [0.15, 0.2) is 0 Å². The molecule has 0 aliphatic carbocycles. The summed E-state index contributed by atoms with van der Waals surface area (Å²) in [5.41, 5.74) is 12.9. The molecule has 0 aliphatic rings. The van der Waals surface area contributed by atoms with Gasteiger partial charge in [-0.2, -0.15) is 0 Å². The van der Waals surface area contributed by atoms with E-state index >= 15 is 0 Å². The first-order valence-corrected chi connectivity index (χ1v) is 6.13. The van der Waals surface area contributed by atoms with Crippen molar-refractivity contribution in [3.8, 4) is 11.5 Å². The van der Waals surface area contributed by atoms with Crippen molar-refractivity contribution in [3.05, 3.63) is 47.0 Å². The maximum absolute atomic E-state index is 9.18. The lowest BCUT2D eigenvalue weighted by atomic mass is 10.1. The molecule has 0 saturated carbocycles. The van der Waals surface area contributed by atoms with Crippen LogP contribution in [0, 0.1) is 0 Å². The summed E-state index contributed by atoms with van der Waals surface area (Å²) in [4.78, 5) is 0. The van der Waals surface area contributed by atoms with Crippen LogP contribution in [0.4, 0.5) is 11.4 Å². The van der Waals surface area contributed by atoms with Gasteiger partial charge in [-0.25, -0.2) is 0 Å². The second kappa shape index (κ2) is 6.75. The number of phenols is 2. The number of aromatic hydroxyl groups is 2. The summed E-state index contributed by atoms with van der Waals surface area (Å²) in [6.07, 6.45) is 0.816. The number of anilines is 2. The fraction of sp³-hybridized carbons (Fsp3) is 0.143. The first kappa shape index (κ1) is 15.0. The van der Waals surface area contributed by atoms with Crippen LogP contribution in [-0.2, 0) is 6.42 Å². The van der Waals surface area contributed by atoms with Gasteiger partial charge in [-0.3, -0.25) is 0 Å². The van der Waals surface area contributed by atoms with E-state index < -0.39 is 0 Å². The Bertz CT molecular complexity index is 559. The Morgan fingerprint density at radius 2 is 1.74 bits per heavy atom. The van der Waals surface area contributed by atoms with Crippen molar-refractivity contribution < 1.29 is 10.2 Å². The van der Waals surface area contributed by atoms with Crippen molar-refractivity contribution >= 4 is 23.0 Å². The average Bonchev–Trinajstić information content (AvgIpc) is 2.38. The highest BCUT2D eigenvalue weighted by Crippen LogP contribution is 2.22. The maximum Gasteiger partial charge on any atom is 0.118 e. The van der Waals surface area contributed by atoms with Crippen molar-refractivity contribution in [3.63, 3.8) is 0 Å². The Labute approximate surface area is 117 Å². The maximum atomic E-state index is 9.18. The molecule has 0 unspecified atom stereocenters. The monoisotopic (exact) mass is 280 g/mol. The number of nitrogen functional groups attached to an aromatic ring is 2. The fourth-order valence-electron chi connectivity index (χ4n) is 1.40. The molecule has 0 aliphatic heterocycles. The first-order chi connectivity index (χ1) is 8.93. The van der Waals surface area contributed by atoms with E-state index in [0.29, 0.717) is 22.1 Å². The normalized spacial score (nSPS) is 9.58. The van der Waals surface area contributed by atoms with Gasteiger partial charge in [0.2, 0.25) is 0 Å². The summed E-state index contributed by atoms with van der Waals surface area (Å²) in [5.74, 6) is 0.464. The predicted octanol–water partition coefficient (Wildman–Crippen LogP) is 3.16. The van der Waals surface area contributed by atoms with Gasteiger partial charge in [0.25, 0.3) is 0 Å². The number of hydrogen-bond acceptors (Lipinski definition) is 4. The topological polar surface area (TPSA) is 92.5 Å². The Kier molecular flexibility index (Phi) is 5.33. The lowest BCUT2D eigenvalue weighted by Crippen LogP contribution is -1.87. The van der Waals surface area contributed by atoms with Gasteiger partial charge in [0, 0.05) is 11.8 Å². The second-order valence-electron chi connectivity index (χ2n) is 3.95. The standard InChI is InChI=1S/C8H11NO.C6H6ClNO/c1-2-6-5-7(9)3-4-8(6)10;7-5-3-4(9)1-2-6(5)8/h3-5,10H,2,9H2,1H3;1-3,9H,8H2. The van der Waals surface area contributed by atoms with Crippen molar-refractivity contribution in [2.75, 3.05) is 11.5 Å². The van der Waals surface area contributed by atoms with Crippen LogP contribution in [0.2, 0.25) is 5.02 Å². The quantitative estimate of drug-likeness (QED) is 0.477. The van der Waals surface area contributed by atoms with E-state index in [-0.39, 0.29) is 5.75 Å². The molecule has 2 rings (SSSR count). The molecule has 0 heterocycles. The molecular formula is C14H17ClN2O2. The smallest absolute Gasteiger partial charge is 0.118 e. The number of hydrogen-bond donors (Lipinski definition) is 4. The first-order valence-electron chi connectivity index (χ1n) is 5.75. The molecule has 4 nitrogen and oxygen atoms in total. The number of phenolic OH excluding ortho intramolecular Hbond substituents is 2. The zero-order valence-corrected chi connectivity index (χ0v) is 11.4. The van der Waals surface area contributed by atoms with Crippen LogP contribution in [0.3, 0.4) is 0 Å². The molecule has 0 fully saturated rings. The van der Waals surface area contributed by atoms with Gasteiger partial charge in [0.1, 0.15) is 11.5 Å². The van der Waals surface area contributed by atoms with Crippen LogP contribution in [-0.4, -0.2) is 10.2 Å². The zero-order valence-electron chi connectivity index (χ0n) is 10.6. The Morgan fingerprint density at radius 3 is 2.21 bits per heavy atom. The van der Waals surface area contributed by atoms with Gasteiger partial charge in [-0.1, -0.05) is 18.5 Å². The van der Waals surface area contributed by atoms with Crippen molar-refractivity contribution in [2.45, 2.75) is 13.3 Å². The Hall–Kier alpha value is -2.07. The molecule has 0 radical (unpaired) electrons. The SMILES string of the molecule is CCc1cc(N)ccc1O.Nc1ccc(O)cc1Cl. The molecule has 0 amide bonds. The van der Waals surface area contributed by atoms with Gasteiger partial charge < -0.3 is 21.7 Å². The van der Waals surface area contributed by atoms with Crippen molar-refractivity contribution in [2.24, 2.45) is 0 Å². The summed E-state index contributed by atoms with van der Waals surface area (Å²) < 4.78 is 0. The van der Waals surface area contributed by atoms with E-state index in [1.54, 1.807) is 24.3 Å². The van der Waals surface area contributed by atoms with Crippen LogP contribution in [0.25, 0.3) is 0 Å². The van der Waals surface area contributed by atoms with Crippen LogP contribution >= 0.6 is 11.6 Å². The molecule has 19 heavy (non-hydrogen) atoms. The van der Waals surface area contributed by atoms with Gasteiger partial charge in [-0.05, 0) is 42.3 Å². The highest BCUT2D eigenvalue weighted by Gasteiger charge is 1.96. The number of rotatable bonds is 1. The molecule has 0 spiro atoms. The molecular weight excluding hydrogens is 264 g/mol. The van der Waals surface area contributed by atoms with E-state index in [0.717, 1.165) is 12.0 Å². The fourth-order valence-corrected chi connectivity index (χ4v) is 1.58. The largest absolute Gasteiger partial charge is 0.508 e. The summed E-state index contributed by atoms with van der Waals surface area (Å²) in [5, 5.41) is 18.4. The number of benzene rings is 2. The highest BCUT2D eigenvalue weighted by atomic mass is 35.5. The molecule has 0 aromatic heterocycles. The third kappa shape index (κ3) is 4.60. The third-order valence-corrected chi connectivity index (χ3v) is 2.80. The zero-order chi connectivity index (χ0) is 14.4. The van der Waals surface area contributed by atoms with E-state index in [9.17, 15) is 5.11 Å².